The van der Waals surface area contributed by atoms with Gasteiger partial charge in [0.2, 0.25) is 5.91 Å². The first-order valence-corrected chi connectivity index (χ1v) is 4.46. The van der Waals surface area contributed by atoms with Gasteiger partial charge in [-0.25, -0.2) is 0 Å². The maximum Gasteiger partial charge on any atom is 0.216 e. The number of nitrogens with zero attached hydrogens (tertiary/aromatic N) is 1. The molecule has 1 amide bonds. The quantitative estimate of drug-likeness (QED) is 0.629. The van der Waals surface area contributed by atoms with Crippen molar-refractivity contribution in [3.05, 3.63) is 0 Å². The average molecular weight is 188 g/mol. The number of likely N-dealkylation sites (N-methyl/N-ethyl adjacent to an activating group) is 1. The van der Waals surface area contributed by atoms with Crippen LogP contribution in [0.1, 0.15) is 20.8 Å². The molecule has 0 aromatic carbocycles. The molecule has 0 saturated heterocycles. The Balaban J connectivity index is 3.52. The molecule has 0 bridgehead atoms. The van der Waals surface area contributed by atoms with Crippen LogP contribution >= 0.6 is 0 Å². The Hall–Kier alpha value is -0.610. The summed E-state index contributed by atoms with van der Waals surface area (Å²) >= 11 is 0. The molecule has 2 N–H and O–H groups in total. The minimum Gasteiger partial charge on any atom is -0.389 e. The fourth-order valence-electron chi connectivity index (χ4n) is 1.16. The van der Waals surface area contributed by atoms with Gasteiger partial charge in [-0.1, -0.05) is 0 Å². The van der Waals surface area contributed by atoms with E-state index in [1.165, 1.54) is 6.92 Å². The second-order valence-corrected chi connectivity index (χ2v) is 4.03. The van der Waals surface area contributed by atoms with Gasteiger partial charge in [-0.05, 0) is 20.9 Å². The molecule has 0 aliphatic heterocycles. The van der Waals surface area contributed by atoms with Crippen LogP contribution in [0.25, 0.3) is 0 Å². The zero-order valence-corrected chi connectivity index (χ0v) is 8.92. The molecule has 78 valence electrons. The van der Waals surface area contributed by atoms with E-state index in [4.69, 9.17) is 0 Å². The molecule has 0 spiro atoms. The highest BCUT2D eigenvalue weighted by atomic mass is 16.3. The van der Waals surface area contributed by atoms with Gasteiger partial charge >= 0.3 is 0 Å². The van der Waals surface area contributed by atoms with E-state index in [1.54, 1.807) is 13.8 Å². The molecule has 13 heavy (non-hydrogen) atoms. The molecular formula is C9H20N2O2. The van der Waals surface area contributed by atoms with Gasteiger partial charge in [-0.15, -0.1) is 0 Å². The fraction of sp³-hybridized carbons (Fsp3) is 0.889. The van der Waals surface area contributed by atoms with Crippen molar-refractivity contribution in [2.45, 2.75) is 26.4 Å². The van der Waals surface area contributed by atoms with Crippen LogP contribution in [0.2, 0.25) is 0 Å². The first kappa shape index (κ1) is 12.4. The van der Waals surface area contributed by atoms with Crippen LogP contribution in [0.3, 0.4) is 0 Å². The Kier molecular flexibility index (Phi) is 4.95. The fourth-order valence-corrected chi connectivity index (χ4v) is 1.16. The van der Waals surface area contributed by atoms with Gasteiger partial charge in [0.1, 0.15) is 0 Å². The van der Waals surface area contributed by atoms with Crippen LogP contribution in [-0.2, 0) is 4.79 Å². The van der Waals surface area contributed by atoms with E-state index in [1.807, 2.05) is 11.9 Å². The van der Waals surface area contributed by atoms with Crippen molar-refractivity contribution in [3.8, 4) is 0 Å². The lowest BCUT2D eigenvalue weighted by Crippen LogP contribution is -2.40. The molecule has 0 aliphatic rings. The van der Waals surface area contributed by atoms with Gasteiger partial charge in [-0.3, -0.25) is 4.79 Å². The summed E-state index contributed by atoms with van der Waals surface area (Å²) in [4.78, 5) is 12.5. The third-order valence-electron chi connectivity index (χ3n) is 1.52. The molecule has 0 atom stereocenters. The first-order chi connectivity index (χ1) is 5.81. The zero-order chi connectivity index (χ0) is 10.5. The molecule has 0 saturated carbocycles. The first-order valence-electron chi connectivity index (χ1n) is 4.46. The van der Waals surface area contributed by atoms with Gasteiger partial charge in [0.25, 0.3) is 0 Å². The second kappa shape index (κ2) is 5.19. The number of amides is 1. The molecule has 0 fully saturated rings. The molecule has 0 radical (unpaired) electrons. The van der Waals surface area contributed by atoms with Crippen LogP contribution in [0.15, 0.2) is 0 Å². The molecule has 0 heterocycles. The standard InChI is InChI=1S/C9H20N2O2/c1-8(12)10-5-6-11(4)7-9(2,3)13/h13H,5-7H2,1-4H3,(H,10,12). The van der Waals surface area contributed by atoms with Crippen molar-refractivity contribution >= 4 is 5.91 Å². The van der Waals surface area contributed by atoms with Crippen LogP contribution in [0.5, 0.6) is 0 Å². The predicted molar refractivity (Wildman–Crippen MR) is 52.5 cm³/mol. The van der Waals surface area contributed by atoms with Gasteiger partial charge in [0.05, 0.1) is 5.60 Å². The van der Waals surface area contributed by atoms with E-state index in [-0.39, 0.29) is 5.91 Å². The Morgan fingerprint density at radius 1 is 1.54 bits per heavy atom. The molecule has 0 unspecified atom stereocenters. The number of nitrogens with one attached hydrogen (secondary N) is 1. The van der Waals surface area contributed by atoms with Gasteiger partial charge < -0.3 is 15.3 Å². The van der Waals surface area contributed by atoms with Gasteiger partial charge in [-0.2, -0.15) is 0 Å². The molecule has 0 aliphatic carbocycles. The summed E-state index contributed by atoms with van der Waals surface area (Å²) in [6.45, 7) is 7.01. The summed E-state index contributed by atoms with van der Waals surface area (Å²) < 4.78 is 0. The average Bonchev–Trinajstić information content (AvgIpc) is 1.81. The smallest absolute Gasteiger partial charge is 0.216 e. The Bertz CT molecular complexity index is 163. The SMILES string of the molecule is CC(=O)NCCN(C)CC(C)(C)O. The number of aliphatic hydroxyl groups is 1. The number of hydrogen-bond acceptors (Lipinski definition) is 3. The van der Waals surface area contributed by atoms with E-state index < -0.39 is 5.60 Å². The highest BCUT2D eigenvalue weighted by molar-refractivity contribution is 5.72. The molecule has 0 aromatic heterocycles. The van der Waals surface area contributed by atoms with E-state index in [2.05, 4.69) is 5.32 Å². The summed E-state index contributed by atoms with van der Waals surface area (Å²) in [5.41, 5.74) is -0.676. The van der Waals surface area contributed by atoms with Crippen LogP contribution < -0.4 is 5.32 Å². The maximum atomic E-state index is 10.5. The summed E-state index contributed by atoms with van der Waals surface area (Å²) in [6, 6.07) is 0. The molecular weight excluding hydrogens is 168 g/mol. The van der Waals surface area contributed by atoms with E-state index in [0.29, 0.717) is 13.1 Å². The van der Waals surface area contributed by atoms with Crippen molar-refractivity contribution in [1.82, 2.24) is 10.2 Å². The minimum atomic E-state index is -0.676. The maximum absolute atomic E-state index is 10.5. The largest absolute Gasteiger partial charge is 0.389 e. The number of rotatable bonds is 5. The second-order valence-electron chi connectivity index (χ2n) is 4.03. The monoisotopic (exact) mass is 188 g/mol. The molecule has 0 aromatic rings. The van der Waals surface area contributed by atoms with Crippen LogP contribution in [0.4, 0.5) is 0 Å². The highest BCUT2D eigenvalue weighted by Gasteiger charge is 2.14. The Morgan fingerprint density at radius 3 is 2.46 bits per heavy atom. The third kappa shape index (κ3) is 9.30. The zero-order valence-electron chi connectivity index (χ0n) is 8.92. The van der Waals surface area contributed by atoms with E-state index in [9.17, 15) is 9.90 Å². The number of carbonyl (C=O) groups is 1. The van der Waals surface area contributed by atoms with Crippen LogP contribution in [-0.4, -0.2) is 48.2 Å². The van der Waals surface area contributed by atoms with E-state index in [0.717, 1.165) is 6.54 Å². The number of carbonyl (C=O) groups excluding carboxylic acids is 1. The lowest BCUT2D eigenvalue weighted by atomic mass is 10.1. The van der Waals surface area contributed by atoms with Crippen molar-refractivity contribution in [2.75, 3.05) is 26.7 Å². The summed E-state index contributed by atoms with van der Waals surface area (Å²) in [6.07, 6.45) is 0. The lowest BCUT2D eigenvalue weighted by molar-refractivity contribution is -0.119. The van der Waals surface area contributed by atoms with Crippen molar-refractivity contribution in [2.24, 2.45) is 0 Å². The van der Waals surface area contributed by atoms with Crippen molar-refractivity contribution in [1.29, 1.82) is 0 Å². The van der Waals surface area contributed by atoms with Gasteiger partial charge in [0, 0.05) is 26.6 Å². The minimum absolute atomic E-state index is 0.0170. The van der Waals surface area contributed by atoms with E-state index >= 15 is 0 Å². The predicted octanol–water partition coefficient (Wildman–Crippen LogP) is -0.175. The third-order valence-corrected chi connectivity index (χ3v) is 1.52. The molecule has 4 heteroatoms. The summed E-state index contributed by atoms with van der Waals surface area (Å²) in [7, 11) is 1.92. The highest BCUT2D eigenvalue weighted by Crippen LogP contribution is 2.01. The Labute approximate surface area is 79.9 Å². The number of hydrogen-bond donors (Lipinski definition) is 2. The van der Waals surface area contributed by atoms with Gasteiger partial charge in [0.15, 0.2) is 0 Å². The topological polar surface area (TPSA) is 52.6 Å². The summed E-state index contributed by atoms with van der Waals surface area (Å²) in [5, 5.41) is 12.2. The van der Waals surface area contributed by atoms with Crippen LogP contribution in [0, 0.1) is 0 Å². The Morgan fingerprint density at radius 2 is 2.08 bits per heavy atom. The van der Waals surface area contributed by atoms with Crippen molar-refractivity contribution < 1.29 is 9.90 Å². The molecule has 4 nitrogen and oxygen atoms in total. The lowest BCUT2D eigenvalue weighted by Gasteiger charge is -2.25. The summed E-state index contributed by atoms with van der Waals surface area (Å²) in [5.74, 6) is -0.0170. The molecule has 0 rings (SSSR count). The van der Waals surface area contributed by atoms with Crippen molar-refractivity contribution in [3.63, 3.8) is 0 Å². The normalized spacial score (nSPS) is 11.8.